The molecule has 3 heterocycles. The monoisotopic (exact) mass is 383 g/mol. The van der Waals surface area contributed by atoms with Gasteiger partial charge < -0.3 is 24.5 Å². The van der Waals surface area contributed by atoms with Gasteiger partial charge in [-0.2, -0.15) is 0 Å². The second-order valence-corrected chi connectivity index (χ2v) is 7.88. The third-order valence-electron chi connectivity index (χ3n) is 5.80. The topological polar surface area (TPSA) is 79.8 Å². The first-order chi connectivity index (χ1) is 13.0. The molecular formula is C18H33N5O4. The van der Waals surface area contributed by atoms with Crippen molar-refractivity contribution in [1.29, 1.82) is 0 Å². The summed E-state index contributed by atoms with van der Waals surface area (Å²) in [7, 11) is 2.14. The van der Waals surface area contributed by atoms with Crippen molar-refractivity contribution >= 4 is 12.1 Å². The van der Waals surface area contributed by atoms with Crippen molar-refractivity contribution in [2.45, 2.75) is 12.5 Å². The quantitative estimate of drug-likeness (QED) is 0.581. The molecule has 0 bridgehead atoms. The Morgan fingerprint density at radius 3 is 2.22 bits per heavy atom. The van der Waals surface area contributed by atoms with Crippen LogP contribution in [0, 0.1) is 0 Å². The van der Waals surface area contributed by atoms with E-state index in [1.54, 1.807) is 0 Å². The summed E-state index contributed by atoms with van der Waals surface area (Å²) >= 11 is 0. The van der Waals surface area contributed by atoms with Gasteiger partial charge in [-0.15, -0.1) is 0 Å². The zero-order chi connectivity index (χ0) is 19.2. The molecule has 3 aliphatic rings. The number of hydrogen-bond acceptors (Lipinski definition) is 7. The normalized spacial score (nSPS) is 26.5. The van der Waals surface area contributed by atoms with E-state index in [-0.39, 0.29) is 18.6 Å². The summed E-state index contributed by atoms with van der Waals surface area (Å²) in [5.74, 6) is -0.744. The van der Waals surface area contributed by atoms with E-state index in [1.165, 1.54) is 0 Å². The number of aliphatic carboxylic acids is 1. The Morgan fingerprint density at radius 2 is 1.56 bits per heavy atom. The highest BCUT2D eigenvalue weighted by atomic mass is 16.6. The first-order valence-electron chi connectivity index (χ1n) is 10.0. The van der Waals surface area contributed by atoms with Crippen LogP contribution >= 0.6 is 0 Å². The second-order valence-electron chi connectivity index (χ2n) is 7.88. The molecule has 154 valence electrons. The number of carbonyl (C=O) groups is 2. The molecule has 0 aromatic carbocycles. The lowest BCUT2D eigenvalue weighted by Crippen LogP contribution is -2.49. The zero-order valence-corrected chi connectivity index (χ0v) is 16.4. The highest BCUT2D eigenvalue weighted by molar-refractivity contribution is 5.69. The Labute approximate surface area is 161 Å². The van der Waals surface area contributed by atoms with Gasteiger partial charge >= 0.3 is 12.1 Å². The molecule has 9 nitrogen and oxygen atoms in total. The number of piperazine rings is 2. The summed E-state index contributed by atoms with van der Waals surface area (Å²) in [6.07, 6.45) is -0.0486. The molecule has 1 unspecified atom stereocenters. The van der Waals surface area contributed by atoms with Gasteiger partial charge in [0.05, 0.1) is 13.0 Å². The van der Waals surface area contributed by atoms with Crippen molar-refractivity contribution in [2.75, 3.05) is 92.1 Å². The maximum absolute atomic E-state index is 12.1. The van der Waals surface area contributed by atoms with Crippen LogP contribution in [0.3, 0.4) is 0 Å². The minimum Gasteiger partial charge on any atom is -0.481 e. The summed E-state index contributed by atoms with van der Waals surface area (Å²) in [5.41, 5.74) is 0. The fourth-order valence-electron chi connectivity index (χ4n) is 3.92. The average molecular weight is 383 g/mol. The lowest BCUT2D eigenvalue weighted by Gasteiger charge is -2.35. The van der Waals surface area contributed by atoms with Gasteiger partial charge in [0.15, 0.2) is 0 Å². The number of hydrogen-bond donors (Lipinski definition) is 1. The fraction of sp³-hybridized carbons (Fsp3) is 0.889. The van der Waals surface area contributed by atoms with Crippen LogP contribution in [0.2, 0.25) is 0 Å². The molecule has 1 atom stereocenters. The Balaban J connectivity index is 1.33. The summed E-state index contributed by atoms with van der Waals surface area (Å²) in [6.45, 7) is 11.6. The molecule has 0 radical (unpaired) electrons. The Bertz CT molecular complexity index is 504. The van der Waals surface area contributed by atoms with E-state index >= 15 is 0 Å². The molecular weight excluding hydrogens is 350 g/mol. The van der Waals surface area contributed by atoms with Gasteiger partial charge in [0, 0.05) is 78.5 Å². The zero-order valence-electron chi connectivity index (χ0n) is 16.4. The predicted molar refractivity (Wildman–Crippen MR) is 101 cm³/mol. The van der Waals surface area contributed by atoms with Crippen molar-refractivity contribution in [3.63, 3.8) is 0 Å². The molecule has 0 spiro atoms. The van der Waals surface area contributed by atoms with E-state index in [0.29, 0.717) is 13.1 Å². The average Bonchev–Trinajstić information content (AvgIpc) is 3.00. The Kier molecular flexibility index (Phi) is 7.28. The minimum absolute atomic E-state index is 0.0597. The van der Waals surface area contributed by atoms with Crippen LogP contribution in [-0.2, 0) is 9.53 Å². The molecule has 1 amide bonds. The number of carboxylic acids is 1. The van der Waals surface area contributed by atoms with Gasteiger partial charge in [-0.3, -0.25) is 14.6 Å². The Hall–Kier alpha value is -1.42. The van der Waals surface area contributed by atoms with Crippen molar-refractivity contribution in [3.05, 3.63) is 0 Å². The number of carboxylic acid groups (broad SMARTS) is 1. The van der Waals surface area contributed by atoms with Crippen molar-refractivity contribution < 1.29 is 19.4 Å². The van der Waals surface area contributed by atoms with E-state index in [1.807, 2.05) is 4.90 Å². The highest BCUT2D eigenvalue weighted by Gasteiger charge is 2.33. The molecule has 1 N–H and O–H groups in total. The molecule has 27 heavy (non-hydrogen) atoms. The van der Waals surface area contributed by atoms with Gasteiger partial charge in [0.25, 0.3) is 0 Å². The first-order valence-corrected chi connectivity index (χ1v) is 10.0. The molecule has 3 rings (SSSR count). The number of cyclic esters (lactones) is 1. The van der Waals surface area contributed by atoms with Crippen LogP contribution in [0.4, 0.5) is 4.79 Å². The standard InChI is InChI=1S/C18H33N5O4/c1-19-4-6-21(7-5-19)12-13-23-15-16(27-18(23)26)14-22-10-8-20(9-11-22)3-2-17(24)25/h16H,2-15H2,1H3,(H,24,25). The van der Waals surface area contributed by atoms with Crippen molar-refractivity contribution in [1.82, 2.24) is 24.5 Å². The number of rotatable bonds is 8. The van der Waals surface area contributed by atoms with E-state index in [4.69, 9.17) is 9.84 Å². The third kappa shape index (κ3) is 6.31. The van der Waals surface area contributed by atoms with Gasteiger partial charge in [0.1, 0.15) is 6.10 Å². The van der Waals surface area contributed by atoms with Crippen LogP contribution in [0.15, 0.2) is 0 Å². The van der Waals surface area contributed by atoms with E-state index in [0.717, 1.165) is 72.0 Å². The lowest BCUT2D eigenvalue weighted by atomic mass is 10.2. The molecule has 0 saturated carbocycles. The van der Waals surface area contributed by atoms with Gasteiger partial charge in [-0.1, -0.05) is 0 Å². The molecule has 0 aromatic heterocycles. The van der Waals surface area contributed by atoms with Gasteiger partial charge in [-0.05, 0) is 7.05 Å². The first kappa shape index (κ1) is 20.3. The molecule has 0 aromatic rings. The van der Waals surface area contributed by atoms with Crippen molar-refractivity contribution in [2.24, 2.45) is 0 Å². The van der Waals surface area contributed by atoms with Gasteiger partial charge in [-0.25, -0.2) is 4.79 Å². The van der Waals surface area contributed by atoms with E-state index < -0.39 is 5.97 Å². The molecule has 0 aliphatic carbocycles. The van der Waals surface area contributed by atoms with Crippen LogP contribution in [0.1, 0.15) is 6.42 Å². The molecule has 3 fully saturated rings. The smallest absolute Gasteiger partial charge is 0.410 e. The lowest BCUT2D eigenvalue weighted by molar-refractivity contribution is -0.137. The summed E-state index contributed by atoms with van der Waals surface area (Å²) in [4.78, 5) is 33.9. The van der Waals surface area contributed by atoms with E-state index in [2.05, 4.69) is 26.6 Å². The SMILES string of the molecule is CN1CCN(CCN2CC(CN3CCN(CCC(=O)O)CC3)OC2=O)CC1. The largest absolute Gasteiger partial charge is 0.481 e. The van der Waals surface area contributed by atoms with Crippen LogP contribution in [0.5, 0.6) is 0 Å². The van der Waals surface area contributed by atoms with Gasteiger partial charge in [0.2, 0.25) is 0 Å². The maximum atomic E-state index is 12.1. The number of nitrogens with zero attached hydrogens (tertiary/aromatic N) is 5. The van der Waals surface area contributed by atoms with Crippen LogP contribution in [-0.4, -0.2) is 140 Å². The number of carbonyl (C=O) groups excluding carboxylic acids is 1. The highest BCUT2D eigenvalue weighted by Crippen LogP contribution is 2.14. The number of likely N-dealkylation sites (N-methyl/N-ethyl adjacent to an activating group) is 1. The number of ether oxygens (including phenoxy) is 1. The molecule has 9 heteroatoms. The third-order valence-corrected chi connectivity index (χ3v) is 5.80. The molecule has 3 saturated heterocycles. The predicted octanol–water partition coefficient (Wildman–Crippen LogP) is -0.853. The fourth-order valence-corrected chi connectivity index (χ4v) is 3.92. The summed E-state index contributed by atoms with van der Waals surface area (Å²) in [6, 6.07) is 0. The number of amides is 1. The second kappa shape index (κ2) is 9.68. The Morgan fingerprint density at radius 1 is 0.963 bits per heavy atom. The maximum Gasteiger partial charge on any atom is 0.410 e. The molecule has 3 aliphatic heterocycles. The van der Waals surface area contributed by atoms with Crippen molar-refractivity contribution in [3.8, 4) is 0 Å². The van der Waals surface area contributed by atoms with Crippen LogP contribution in [0.25, 0.3) is 0 Å². The minimum atomic E-state index is -0.744. The van der Waals surface area contributed by atoms with E-state index in [9.17, 15) is 9.59 Å². The summed E-state index contributed by atoms with van der Waals surface area (Å²) in [5, 5.41) is 8.78. The van der Waals surface area contributed by atoms with Crippen LogP contribution < -0.4 is 0 Å². The summed E-state index contributed by atoms with van der Waals surface area (Å²) < 4.78 is 5.57.